The Hall–Kier alpha value is -3.46. The van der Waals surface area contributed by atoms with Gasteiger partial charge in [0.25, 0.3) is 11.8 Å². The van der Waals surface area contributed by atoms with Crippen LogP contribution in [0.15, 0.2) is 41.9 Å². The second-order valence-corrected chi connectivity index (χ2v) is 7.91. The summed E-state index contributed by atoms with van der Waals surface area (Å²) in [6.07, 6.45) is 2.40. The molecule has 1 saturated carbocycles. The van der Waals surface area contributed by atoms with Crippen LogP contribution in [0.1, 0.15) is 33.6 Å². The lowest BCUT2D eigenvalue weighted by Gasteiger charge is -2.33. The van der Waals surface area contributed by atoms with E-state index in [1.54, 1.807) is 5.38 Å². The molecule has 1 aliphatic rings. The minimum absolute atomic E-state index is 0.104. The molecule has 148 valence electrons. The maximum absolute atomic E-state index is 12.7. The Balaban J connectivity index is 1.48. The fourth-order valence-electron chi connectivity index (χ4n) is 3.28. The quantitative estimate of drug-likeness (QED) is 0.511. The standard InChI is InChI=1S/C20H19N5O3S/c21-17-15(25-20(28)14-9-29-16-4-2-1-3-13(14)16)7-11(8-23-17)19(27)24-12-5-10(6-12)18(22)26/h1-4,7-10,12H,5-6H2,(H2,21,23)(H2,22,26)(H,24,27)(H,25,28). The third kappa shape index (κ3) is 3.77. The van der Waals surface area contributed by atoms with Gasteiger partial charge in [0, 0.05) is 33.6 Å². The molecule has 2 aromatic heterocycles. The summed E-state index contributed by atoms with van der Waals surface area (Å²) in [4.78, 5) is 40.3. The van der Waals surface area contributed by atoms with Gasteiger partial charge in [0.05, 0.1) is 16.8 Å². The number of aromatic nitrogens is 1. The Labute approximate surface area is 170 Å². The van der Waals surface area contributed by atoms with Crippen molar-refractivity contribution in [3.63, 3.8) is 0 Å². The van der Waals surface area contributed by atoms with Crippen LogP contribution in [0, 0.1) is 5.92 Å². The van der Waals surface area contributed by atoms with Crippen molar-refractivity contribution in [1.29, 1.82) is 0 Å². The highest BCUT2D eigenvalue weighted by Crippen LogP contribution is 2.28. The lowest BCUT2D eigenvalue weighted by Crippen LogP contribution is -2.48. The lowest BCUT2D eigenvalue weighted by atomic mass is 9.80. The van der Waals surface area contributed by atoms with Crippen molar-refractivity contribution in [2.75, 3.05) is 11.1 Å². The van der Waals surface area contributed by atoms with Gasteiger partial charge in [0.1, 0.15) is 5.82 Å². The Kier molecular flexibility index (Phi) is 4.89. The first kappa shape index (κ1) is 18.9. The molecule has 0 bridgehead atoms. The number of nitrogens with one attached hydrogen (secondary N) is 2. The van der Waals surface area contributed by atoms with Gasteiger partial charge in [-0.05, 0) is 25.0 Å². The number of thiophene rings is 1. The van der Waals surface area contributed by atoms with Crippen molar-refractivity contribution in [3.8, 4) is 0 Å². The molecule has 8 nitrogen and oxygen atoms in total. The Morgan fingerprint density at radius 2 is 1.90 bits per heavy atom. The highest BCUT2D eigenvalue weighted by Gasteiger charge is 2.34. The summed E-state index contributed by atoms with van der Waals surface area (Å²) >= 11 is 1.48. The third-order valence-electron chi connectivity index (χ3n) is 5.03. The maximum Gasteiger partial charge on any atom is 0.257 e. The smallest absolute Gasteiger partial charge is 0.257 e. The minimum atomic E-state index is -0.351. The highest BCUT2D eigenvalue weighted by atomic mass is 32.1. The Morgan fingerprint density at radius 3 is 2.66 bits per heavy atom. The second kappa shape index (κ2) is 7.51. The number of nitrogens with zero attached hydrogens (tertiary/aromatic N) is 1. The van der Waals surface area contributed by atoms with Crippen LogP contribution in [0.25, 0.3) is 10.1 Å². The molecule has 1 fully saturated rings. The first-order chi connectivity index (χ1) is 13.9. The molecule has 4 rings (SSSR count). The van der Waals surface area contributed by atoms with Crippen molar-refractivity contribution < 1.29 is 14.4 Å². The number of carbonyl (C=O) groups is 3. The van der Waals surface area contributed by atoms with Gasteiger partial charge in [-0.3, -0.25) is 14.4 Å². The molecule has 0 radical (unpaired) electrons. The molecule has 0 spiro atoms. The number of benzene rings is 1. The molecule has 3 amide bonds. The number of primary amides is 1. The first-order valence-electron chi connectivity index (χ1n) is 9.05. The van der Waals surface area contributed by atoms with Crippen LogP contribution in [0.5, 0.6) is 0 Å². The number of nitrogens with two attached hydrogens (primary N) is 2. The van der Waals surface area contributed by atoms with Gasteiger partial charge in [-0.2, -0.15) is 0 Å². The third-order valence-corrected chi connectivity index (χ3v) is 5.99. The molecule has 0 saturated heterocycles. The molecule has 1 aromatic carbocycles. The number of nitrogen functional groups attached to an aromatic ring is 1. The van der Waals surface area contributed by atoms with Crippen LogP contribution in [0.2, 0.25) is 0 Å². The van der Waals surface area contributed by atoms with Gasteiger partial charge in [0.2, 0.25) is 5.91 Å². The maximum atomic E-state index is 12.7. The van der Waals surface area contributed by atoms with Crippen molar-refractivity contribution in [2.45, 2.75) is 18.9 Å². The highest BCUT2D eigenvalue weighted by molar-refractivity contribution is 7.17. The van der Waals surface area contributed by atoms with Gasteiger partial charge in [-0.15, -0.1) is 11.3 Å². The number of carbonyl (C=O) groups excluding carboxylic acids is 3. The summed E-state index contributed by atoms with van der Waals surface area (Å²) < 4.78 is 1.01. The fourth-order valence-corrected chi connectivity index (χ4v) is 4.22. The molecule has 6 N–H and O–H groups in total. The summed E-state index contributed by atoms with van der Waals surface area (Å²) in [5.41, 5.74) is 12.2. The number of fused-ring (bicyclic) bond motifs is 1. The van der Waals surface area contributed by atoms with Gasteiger partial charge in [-0.1, -0.05) is 18.2 Å². The average molecular weight is 409 g/mol. The molecular weight excluding hydrogens is 390 g/mol. The number of amides is 3. The van der Waals surface area contributed by atoms with Gasteiger partial charge in [-0.25, -0.2) is 4.98 Å². The number of hydrogen-bond donors (Lipinski definition) is 4. The first-order valence-corrected chi connectivity index (χ1v) is 9.93. The van der Waals surface area contributed by atoms with E-state index in [4.69, 9.17) is 11.5 Å². The second-order valence-electron chi connectivity index (χ2n) is 7.00. The molecule has 9 heteroatoms. The fraction of sp³-hybridized carbons (Fsp3) is 0.200. The van der Waals surface area contributed by atoms with Crippen LogP contribution in [-0.4, -0.2) is 28.7 Å². The average Bonchev–Trinajstić information content (AvgIpc) is 3.09. The van der Waals surface area contributed by atoms with E-state index in [2.05, 4.69) is 15.6 Å². The van der Waals surface area contributed by atoms with Gasteiger partial charge in [0.15, 0.2) is 0 Å². The van der Waals surface area contributed by atoms with Crippen molar-refractivity contribution in [1.82, 2.24) is 10.3 Å². The summed E-state index contributed by atoms with van der Waals surface area (Å²) in [5.74, 6) is -1.10. The molecule has 3 aromatic rings. The summed E-state index contributed by atoms with van der Waals surface area (Å²) in [6.45, 7) is 0. The minimum Gasteiger partial charge on any atom is -0.382 e. The van der Waals surface area contributed by atoms with E-state index in [0.29, 0.717) is 18.4 Å². The van der Waals surface area contributed by atoms with E-state index in [9.17, 15) is 14.4 Å². The molecule has 0 aliphatic heterocycles. The zero-order valence-electron chi connectivity index (χ0n) is 15.3. The topological polar surface area (TPSA) is 140 Å². The van der Waals surface area contributed by atoms with Gasteiger partial charge >= 0.3 is 0 Å². The largest absolute Gasteiger partial charge is 0.382 e. The molecule has 0 unspecified atom stereocenters. The summed E-state index contributed by atoms with van der Waals surface area (Å²) in [5, 5.41) is 8.21. The van der Waals surface area contributed by atoms with E-state index in [0.717, 1.165) is 10.1 Å². The van der Waals surface area contributed by atoms with E-state index in [1.807, 2.05) is 24.3 Å². The predicted molar refractivity (Wildman–Crippen MR) is 112 cm³/mol. The summed E-state index contributed by atoms with van der Waals surface area (Å²) in [6, 6.07) is 9.00. The molecule has 1 aliphatic carbocycles. The predicted octanol–water partition coefficient (Wildman–Crippen LogP) is 2.12. The lowest BCUT2D eigenvalue weighted by molar-refractivity contribution is -0.124. The van der Waals surface area contributed by atoms with Crippen LogP contribution < -0.4 is 22.1 Å². The van der Waals surface area contributed by atoms with E-state index in [1.165, 1.54) is 23.6 Å². The zero-order chi connectivity index (χ0) is 20.5. The van der Waals surface area contributed by atoms with Crippen molar-refractivity contribution in [2.24, 2.45) is 11.7 Å². The molecular formula is C20H19N5O3S. The van der Waals surface area contributed by atoms with Crippen molar-refractivity contribution in [3.05, 3.63) is 53.0 Å². The van der Waals surface area contributed by atoms with Crippen molar-refractivity contribution >= 4 is 50.6 Å². The number of rotatable bonds is 5. The normalized spacial score (nSPS) is 18.1. The Bertz CT molecular complexity index is 1120. The van der Waals surface area contributed by atoms with Crippen LogP contribution >= 0.6 is 11.3 Å². The molecule has 2 heterocycles. The van der Waals surface area contributed by atoms with Crippen LogP contribution in [0.4, 0.5) is 11.5 Å². The number of pyridine rings is 1. The van der Waals surface area contributed by atoms with E-state index < -0.39 is 0 Å². The van der Waals surface area contributed by atoms with E-state index >= 15 is 0 Å². The van der Waals surface area contributed by atoms with Gasteiger partial charge < -0.3 is 22.1 Å². The molecule has 29 heavy (non-hydrogen) atoms. The number of anilines is 2. The monoisotopic (exact) mass is 409 g/mol. The molecule has 0 atom stereocenters. The Morgan fingerprint density at radius 1 is 1.14 bits per heavy atom. The number of hydrogen-bond acceptors (Lipinski definition) is 6. The van der Waals surface area contributed by atoms with E-state index in [-0.39, 0.29) is 46.7 Å². The summed E-state index contributed by atoms with van der Waals surface area (Å²) in [7, 11) is 0. The zero-order valence-corrected chi connectivity index (χ0v) is 16.2. The van der Waals surface area contributed by atoms with Crippen LogP contribution in [0.3, 0.4) is 0 Å². The SMILES string of the molecule is NC(=O)C1CC(NC(=O)c2cnc(N)c(NC(=O)c3csc4ccccc34)c2)C1. The van der Waals surface area contributed by atoms with Crippen LogP contribution in [-0.2, 0) is 4.79 Å².